The largest absolute Gasteiger partial charge is 0.497 e. The van der Waals surface area contributed by atoms with Crippen molar-refractivity contribution in [1.29, 1.82) is 0 Å². The Bertz CT molecular complexity index is 1100. The van der Waals surface area contributed by atoms with Crippen molar-refractivity contribution in [2.24, 2.45) is 5.10 Å². The van der Waals surface area contributed by atoms with E-state index in [-0.39, 0.29) is 12.3 Å². The number of halogens is 2. The maximum absolute atomic E-state index is 6.35. The quantitative estimate of drug-likeness (QED) is 0.498. The van der Waals surface area contributed by atoms with Crippen LogP contribution in [0, 0.1) is 0 Å². The van der Waals surface area contributed by atoms with Crippen molar-refractivity contribution in [3.8, 4) is 11.5 Å². The zero-order valence-corrected chi connectivity index (χ0v) is 17.2. The first-order valence-electron chi connectivity index (χ1n) is 9.34. The smallest absolute Gasteiger partial charge is 0.213 e. The lowest BCUT2D eigenvalue weighted by molar-refractivity contribution is -0.0190. The summed E-state index contributed by atoms with van der Waals surface area (Å²) in [4.78, 5) is 0. The van der Waals surface area contributed by atoms with E-state index in [0.29, 0.717) is 10.0 Å². The normalized spacial score (nSPS) is 19.8. The highest BCUT2D eigenvalue weighted by molar-refractivity contribution is 6.30. The zero-order chi connectivity index (χ0) is 20.0. The molecule has 2 atom stereocenters. The van der Waals surface area contributed by atoms with Crippen LogP contribution in [0.25, 0.3) is 0 Å². The van der Waals surface area contributed by atoms with Crippen LogP contribution >= 0.6 is 23.2 Å². The first-order chi connectivity index (χ1) is 14.1. The van der Waals surface area contributed by atoms with Crippen LogP contribution in [0.3, 0.4) is 0 Å². The van der Waals surface area contributed by atoms with Gasteiger partial charge in [-0.05, 0) is 42.5 Å². The standard InChI is InChI=1S/C23H18Cl2N2O2/c1-28-18-4-2-3-15(11-18)20-13-21-19-12-17(25)9-10-22(19)29-23(27(21)26-20)14-5-7-16(24)8-6-14/h2-12,21,23H,13H2,1H3. The summed E-state index contributed by atoms with van der Waals surface area (Å²) in [7, 11) is 1.67. The molecule has 0 amide bonds. The summed E-state index contributed by atoms with van der Waals surface area (Å²) in [5, 5.41) is 8.36. The average molecular weight is 425 g/mol. The molecule has 2 heterocycles. The van der Waals surface area contributed by atoms with Gasteiger partial charge < -0.3 is 9.47 Å². The maximum Gasteiger partial charge on any atom is 0.213 e. The fourth-order valence-electron chi connectivity index (χ4n) is 3.88. The first kappa shape index (κ1) is 18.3. The van der Waals surface area contributed by atoms with E-state index in [1.807, 2.05) is 65.7 Å². The van der Waals surface area contributed by atoms with Gasteiger partial charge in [0.05, 0.1) is 18.9 Å². The molecule has 0 fully saturated rings. The van der Waals surface area contributed by atoms with Gasteiger partial charge in [-0.2, -0.15) is 5.10 Å². The van der Waals surface area contributed by atoms with Crippen molar-refractivity contribution in [2.45, 2.75) is 18.7 Å². The molecule has 3 aromatic carbocycles. The first-order valence-corrected chi connectivity index (χ1v) is 10.1. The van der Waals surface area contributed by atoms with Crippen LogP contribution in [-0.4, -0.2) is 17.8 Å². The molecule has 0 spiro atoms. The minimum atomic E-state index is -0.339. The van der Waals surface area contributed by atoms with E-state index in [2.05, 4.69) is 6.07 Å². The fraction of sp³-hybridized carbons (Fsp3) is 0.174. The lowest BCUT2D eigenvalue weighted by Gasteiger charge is -2.38. The third-order valence-electron chi connectivity index (χ3n) is 5.31. The SMILES string of the molecule is COc1cccc(C2=NN3C(C2)c2cc(Cl)ccc2OC3c2ccc(Cl)cc2)c1. The zero-order valence-electron chi connectivity index (χ0n) is 15.7. The Hall–Kier alpha value is -2.69. The molecule has 0 saturated carbocycles. The van der Waals surface area contributed by atoms with Crippen LogP contribution in [0.2, 0.25) is 10.0 Å². The second-order valence-corrected chi connectivity index (χ2v) is 7.96. The molecule has 0 N–H and O–H groups in total. The van der Waals surface area contributed by atoms with Crippen LogP contribution in [-0.2, 0) is 0 Å². The number of ether oxygens (including phenoxy) is 2. The summed E-state index contributed by atoms with van der Waals surface area (Å²) < 4.78 is 11.7. The van der Waals surface area contributed by atoms with Crippen LogP contribution < -0.4 is 9.47 Å². The Labute approximate surface area is 179 Å². The van der Waals surface area contributed by atoms with Crippen molar-refractivity contribution in [3.05, 3.63) is 93.5 Å². The maximum atomic E-state index is 6.35. The predicted octanol–water partition coefficient (Wildman–Crippen LogP) is 6.24. The summed E-state index contributed by atoms with van der Waals surface area (Å²) in [6, 6.07) is 21.5. The van der Waals surface area contributed by atoms with Gasteiger partial charge in [0.2, 0.25) is 6.23 Å². The van der Waals surface area contributed by atoms with Gasteiger partial charge in [0.1, 0.15) is 11.5 Å². The molecule has 4 nitrogen and oxygen atoms in total. The van der Waals surface area contributed by atoms with Gasteiger partial charge in [-0.1, -0.05) is 47.5 Å². The van der Waals surface area contributed by atoms with Gasteiger partial charge in [-0.15, -0.1) is 0 Å². The van der Waals surface area contributed by atoms with Gasteiger partial charge in [0.25, 0.3) is 0 Å². The molecule has 0 aliphatic carbocycles. The van der Waals surface area contributed by atoms with Crippen molar-refractivity contribution < 1.29 is 9.47 Å². The number of fused-ring (bicyclic) bond motifs is 3. The van der Waals surface area contributed by atoms with E-state index < -0.39 is 0 Å². The van der Waals surface area contributed by atoms with Crippen LogP contribution in [0.15, 0.2) is 71.8 Å². The average Bonchev–Trinajstić information content (AvgIpc) is 3.20. The Morgan fingerprint density at radius 3 is 2.59 bits per heavy atom. The summed E-state index contributed by atoms with van der Waals surface area (Å²) in [5.41, 5.74) is 4.07. The molecule has 0 radical (unpaired) electrons. The molecule has 6 heteroatoms. The molecule has 0 aromatic heterocycles. The fourth-order valence-corrected chi connectivity index (χ4v) is 4.19. The molecule has 146 valence electrons. The van der Waals surface area contributed by atoms with Gasteiger partial charge in [0.15, 0.2) is 0 Å². The molecular weight excluding hydrogens is 407 g/mol. The summed E-state index contributed by atoms with van der Waals surface area (Å²) >= 11 is 12.4. The number of hydrazone groups is 1. The van der Waals surface area contributed by atoms with Gasteiger partial charge in [-0.3, -0.25) is 0 Å². The van der Waals surface area contributed by atoms with Crippen molar-refractivity contribution in [3.63, 3.8) is 0 Å². The Morgan fingerprint density at radius 1 is 1.00 bits per heavy atom. The predicted molar refractivity (Wildman–Crippen MR) is 115 cm³/mol. The van der Waals surface area contributed by atoms with E-state index in [4.69, 9.17) is 37.8 Å². The second kappa shape index (κ2) is 7.29. The van der Waals surface area contributed by atoms with Crippen molar-refractivity contribution in [1.82, 2.24) is 5.01 Å². The molecule has 0 saturated heterocycles. The molecule has 29 heavy (non-hydrogen) atoms. The van der Waals surface area contributed by atoms with E-state index >= 15 is 0 Å². The summed E-state index contributed by atoms with van der Waals surface area (Å²) in [5.74, 6) is 1.64. The van der Waals surface area contributed by atoms with Gasteiger partial charge >= 0.3 is 0 Å². The monoisotopic (exact) mass is 424 g/mol. The number of methoxy groups -OCH3 is 1. The Balaban J connectivity index is 1.59. The molecule has 2 aliphatic heterocycles. The molecule has 5 rings (SSSR count). The molecule has 3 aromatic rings. The topological polar surface area (TPSA) is 34.1 Å². The van der Waals surface area contributed by atoms with Crippen molar-refractivity contribution >= 4 is 28.9 Å². The number of hydrogen-bond donors (Lipinski definition) is 0. The highest BCUT2D eigenvalue weighted by atomic mass is 35.5. The molecule has 0 bridgehead atoms. The summed E-state index contributed by atoms with van der Waals surface area (Å²) in [6.07, 6.45) is 0.419. The second-order valence-electron chi connectivity index (χ2n) is 7.08. The number of benzene rings is 3. The van der Waals surface area contributed by atoms with Crippen LogP contribution in [0.4, 0.5) is 0 Å². The van der Waals surface area contributed by atoms with Gasteiger partial charge in [-0.25, -0.2) is 5.01 Å². The lowest BCUT2D eigenvalue weighted by Crippen LogP contribution is -2.33. The minimum absolute atomic E-state index is 0.0410. The highest BCUT2D eigenvalue weighted by Gasteiger charge is 2.41. The summed E-state index contributed by atoms with van der Waals surface area (Å²) in [6.45, 7) is 0. The van der Waals surface area contributed by atoms with Crippen LogP contribution in [0.1, 0.15) is 35.4 Å². The minimum Gasteiger partial charge on any atom is -0.497 e. The Kier molecular flexibility index (Phi) is 4.61. The van der Waals surface area contributed by atoms with E-state index in [0.717, 1.165) is 40.3 Å². The van der Waals surface area contributed by atoms with E-state index in [1.54, 1.807) is 7.11 Å². The van der Waals surface area contributed by atoms with Crippen LogP contribution in [0.5, 0.6) is 11.5 Å². The number of rotatable bonds is 3. The molecule has 2 aliphatic rings. The van der Waals surface area contributed by atoms with E-state index in [9.17, 15) is 0 Å². The van der Waals surface area contributed by atoms with Crippen molar-refractivity contribution in [2.75, 3.05) is 7.11 Å². The number of nitrogens with zero attached hydrogens (tertiary/aromatic N) is 2. The van der Waals surface area contributed by atoms with Gasteiger partial charge in [0, 0.05) is 33.2 Å². The Morgan fingerprint density at radius 2 is 1.79 bits per heavy atom. The highest BCUT2D eigenvalue weighted by Crippen LogP contribution is 2.48. The van der Waals surface area contributed by atoms with E-state index in [1.165, 1.54) is 0 Å². The molecular formula is C23H18Cl2N2O2. The third-order valence-corrected chi connectivity index (χ3v) is 5.80. The molecule has 2 unspecified atom stereocenters. The third kappa shape index (κ3) is 3.33. The lowest BCUT2D eigenvalue weighted by atomic mass is 9.96. The number of hydrogen-bond acceptors (Lipinski definition) is 4.